The molecule has 7 heteroatoms. The minimum atomic E-state index is -0.297. The van der Waals surface area contributed by atoms with Gasteiger partial charge in [-0.25, -0.2) is 4.98 Å². The molecule has 2 aliphatic rings. The molecule has 1 aromatic heterocycles. The topological polar surface area (TPSA) is 95.2 Å². The monoisotopic (exact) mass is 324 g/mol. The summed E-state index contributed by atoms with van der Waals surface area (Å²) >= 11 is 0. The molecular weight excluding hydrogens is 308 g/mol. The molecule has 1 aromatic carbocycles. The summed E-state index contributed by atoms with van der Waals surface area (Å²) in [4.78, 5) is 44.8. The molecule has 0 bridgehead atoms. The predicted octanol–water partition coefficient (Wildman–Crippen LogP) is 0.529. The standard InChI is InChI=1S/C17H16N4O3/c22-15(7-13-10-3-1-2-4-11(10)17(24)20-13)21-6-5-12-14(8-21)18-9-19-16(12)23/h1-4,9,13H,5-8H2,(H,20,24)(H,18,19,23). The minimum Gasteiger partial charge on any atom is -0.345 e. The van der Waals surface area contributed by atoms with Crippen LogP contribution >= 0.6 is 0 Å². The van der Waals surface area contributed by atoms with Crippen molar-refractivity contribution in [1.29, 1.82) is 0 Å². The first kappa shape index (κ1) is 14.6. The number of aromatic nitrogens is 2. The van der Waals surface area contributed by atoms with Crippen molar-refractivity contribution in [1.82, 2.24) is 20.2 Å². The molecule has 0 fully saturated rings. The Bertz CT molecular complexity index is 889. The molecule has 2 aliphatic heterocycles. The van der Waals surface area contributed by atoms with Crippen molar-refractivity contribution in [2.24, 2.45) is 0 Å². The van der Waals surface area contributed by atoms with Crippen LogP contribution in [0.3, 0.4) is 0 Å². The zero-order valence-electron chi connectivity index (χ0n) is 12.9. The van der Waals surface area contributed by atoms with E-state index >= 15 is 0 Å². The number of nitrogens with zero attached hydrogens (tertiary/aromatic N) is 2. The lowest BCUT2D eigenvalue weighted by atomic mass is 10.0. The maximum absolute atomic E-state index is 12.6. The van der Waals surface area contributed by atoms with Gasteiger partial charge in [0, 0.05) is 17.7 Å². The highest BCUT2D eigenvalue weighted by molar-refractivity contribution is 5.99. The number of benzene rings is 1. The number of H-pyrrole nitrogens is 1. The van der Waals surface area contributed by atoms with E-state index in [0.29, 0.717) is 36.3 Å². The van der Waals surface area contributed by atoms with Crippen LogP contribution in [0.1, 0.15) is 39.6 Å². The lowest BCUT2D eigenvalue weighted by molar-refractivity contribution is -0.132. The summed E-state index contributed by atoms with van der Waals surface area (Å²) in [6.07, 6.45) is 2.07. The molecule has 0 saturated carbocycles. The van der Waals surface area contributed by atoms with Crippen molar-refractivity contribution < 1.29 is 9.59 Å². The quantitative estimate of drug-likeness (QED) is 0.842. The van der Waals surface area contributed by atoms with E-state index in [1.54, 1.807) is 11.0 Å². The Labute approximate surface area is 137 Å². The number of carbonyl (C=O) groups excluding carboxylic acids is 2. The van der Waals surface area contributed by atoms with Crippen LogP contribution in [0.4, 0.5) is 0 Å². The molecule has 1 unspecified atom stereocenters. The maximum Gasteiger partial charge on any atom is 0.254 e. The number of hydrogen-bond acceptors (Lipinski definition) is 4. The Morgan fingerprint density at radius 3 is 3.00 bits per heavy atom. The average molecular weight is 324 g/mol. The van der Waals surface area contributed by atoms with Gasteiger partial charge in [-0.05, 0) is 18.1 Å². The van der Waals surface area contributed by atoms with Crippen LogP contribution < -0.4 is 10.9 Å². The van der Waals surface area contributed by atoms with Crippen molar-refractivity contribution in [3.63, 3.8) is 0 Å². The Kier molecular flexibility index (Phi) is 3.41. The molecule has 2 N–H and O–H groups in total. The van der Waals surface area contributed by atoms with E-state index in [4.69, 9.17) is 0 Å². The minimum absolute atomic E-state index is 0.0512. The van der Waals surface area contributed by atoms with Gasteiger partial charge in [0.15, 0.2) is 0 Å². The lowest BCUT2D eigenvalue weighted by Crippen LogP contribution is -2.40. The number of hydrogen-bond donors (Lipinski definition) is 2. The smallest absolute Gasteiger partial charge is 0.254 e. The second kappa shape index (κ2) is 5.59. The Morgan fingerprint density at radius 2 is 2.12 bits per heavy atom. The third-order valence-electron chi connectivity index (χ3n) is 4.63. The van der Waals surface area contributed by atoms with Crippen LogP contribution in [-0.2, 0) is 17.8 Å². The van der Waals surface area contributed by atoms with Gasteiger partial charge >= 0.3 is 0 Å². The molecule has 1 atom stereocenters. The van der Waals surface area contributed by atoms with E-state index in [9.17, 15) is 14.4 Å². The number of fused-ring (bicyclic) bond motifs is 2. The summed E-state index contributed by atoms with van der Waals surface area (Å²) in [5.74, 6) is -0.190. The number of rotatable bonds is 2. The molecule has 122 valence electrons. The summed E-state index contributed by atoms with van der Waals surface area (Å²) in [6, 6.07) is 7.02. The first-order valence-corrected chi connectivity index (χ1v) is 7.86. The Morgan fingerprint density at radius 1 is 1.29 bits per heavy atom. The second-order valence-corrected chi connectivity index (χ2v) is 6.04. The van der Waals surface area contributed by atoms with E-state index in [0.717, 1.165) is 5.56 Å². The highest BCUT2D eigenvalue weighted by atomic mass is 16.2. The van der Waals surface area contributed by atoms with Crippen LogP contribution in [0.15, 0.2) is 35.4 Å². The third-order valence-corrected chi connectivity index (χ3v) is 4.63. The molecule has 24 heavy (non-hydrogen) atoms. The summed E-state index contributed by atoms with van der Waals surface area (Å²) in [6.45, 7) is 0.823. The van der Waals surface area contributed by atoms with Gasteiger partial charge in [-0.2, -0.15) is 0 Å². The van der Waals surface area contributed by atoms with Crippen molar-refractivity contribution >= 4 is 11.8 Å². The SMILES string of the molecule is O=C1NC(CC(=O)N2CCc3c(nc[nH]c3=O)C2)c2ccccc21. The van der Waals surface area contributed by atoms with Gasteiger partial charge in [0.05, 0.1) is 31.0 Å². The van der Waals surface area contributed by atoms with Crippen molar-refractivity contribution in [3.8, 4) is 0 Å². The summed E-state index contributed by atoms with van der Waals surface area (Å²) < 4.78 is 0. The molecule has 2 aromatic rings. The third kappa shape index (κ3) is 2.38. The first-order valence-electron chi connectivity index (χ1n) is 7.86. The molecule has 0 spiro atoms. The molecule has 3 heterocycles. The van der Waals surface area contributed by atoms with E-state index in [2.05, 4.69) is 15.3 Å². The van der Waals surface area contributed by atoms with Gasteiger partial charge in [-0.3, -0.25) is 14.4 Å². The summed E-state index contributed by atoms with van der Waals surface area (Å²) in [5, 5.41) is 2.86. The zero-order chi connectivity index (χ0) is 16.7. The molecule has 0 saturated heterocycles. The molecule has 4 rings (SSSR count). The number of nitrogens with one attached hydrogen (secondary N) is 2. The van der Waals surface area contributed by atoms with Crippen molar-refractivity contribution in [2.75, 3.05) is 6.54 Å². The largest absolute Gasteiger partial charge is 0.345 e. The van der Waals surface area contributed by atoms with Gasteiger partial charge in [-0.1, -0.05) is 18.2 Å². The number of aromatic amines is 1. The molecule has 0 radical (unpaired) electrons. The molecule has 0 aliphatic carbocycles. The Balaban J connectivity index is 1.50. The number of carbonyl (C=O) groups is 2. The van der Waals surface area contributed by atoms with Crippen molar-refractivity contribution in [3.05, 3.63) is 63.3 Å². The van der Waals surface area contributed by atoms with Gasteiger partial charge in [0.1, 0.15) is 0 Å². The van der Waals surface area contributed by atoms with Crippen LogP contribution in [0.25, 0.3) is 0 Å². The lowest BCUT2D eigenvalue weighted by Gasteiger charge is -2.28. The van der Waals surface area contributed by atoms with Gasteiger partial charge in [0.2, 0.25) is 5.91 Å². The molecular formula is C17H16N4O3. The van der Waals surface area contributed by atoms with Crippen molar-refractivity contribution in [2.45, 2.75) is 25.4 Å². The first-order chi connectivity index (χ1) is 11.6. The molecule has 7 nitrogen and oxygen atoms in total. The fraction of sp³-hybridized carbons (Fsp3) is 0.294. The molecule has 2 amide bonds. The van der Waals surface area contributed by atoms with Gasteiger partial charge in [0.25, 0.3) is 11.5 Å². The predicted molar refractivity (Wildman–Crippen MR) is 85.2 cm³/mol. The highest BCUT2D eigenvalue weighted by Crippen LogP contribution is 2.28. The maximum atomic E-state index is 12.6. The van der Waals surface area contributed by atoms with Crippen LogP contribution in [-0.4, -0.2) is 33.2 Å². The van der Waals surface area contributed by atoms with E-state index in [-0.39, 0.29) is 29.8 Å². The summed E-state index contributed by atoms with van der Waals surface area (Å²) in [7, 11) is 0. The van der Waals surface area contributed by atoms with Gasteiger partial charge < -0.3 is 15.2 Å². The van der Waals surface area contributed by atoms with E-state index in [1.807, 2.05) is 18.2 Å². The second-order valence-electron chi connectivity index (χ2n) is 6.04. The number of amides is 2. The normalized spacial score (nSPS) is 18.8. The van der Waals surface area contributed by atoms with E-state index < -0.39 is 0 Å². The van der Waals surface area contributed by atoms with Crippen LogP contribution in [0.2, 0.25) is 0 Å². The zero-order valence-corrected chi connectivity index (χ0v) is 12.9. The average Bonchev–Trinajstić information content (AvgIpc) is 2.91. The fourth-order valence-corrected chi connectivity index (χ4v) is 3.36. The van der Waals surface area contributed by atoms with Gasteiger partial charge in [-0.15, -0.1) is 0 Å². The van der Waals surface area contributed by atoms with E-state index in [1.165, 1.54) is 6.33 Å². The van der Waals surface area contributed by atoms with Crippen LogP contribution in [0, 0.1) is 0 Å². The Hall–Kier alpha value is -2.96. The highest BCUT2D eigenvalue weighted by Gasteiger charge is 2.32. The summed E-state index contributed by atoms with van der Waals surface area (Å²) in [5.41, 5.74) is 2.66. The fourth-order valence-electron chi connectivity index (χ4n) is 3.36. The van der Waals surface area contributed by atoms with Crippen LogP contribution in [0.5, 0.6) is 0 Å².